The molecule has 2 aliphatic rings. The Kier molecular flexibility index (Phi) is 5.93. The molecule has 6 heteroatoms. The van der Waals surface area contributed by atoms with E-state index in [2.05, 4.69) is 29.2 Å². The highest BCUT2D eigenvalue weighted by atomic mass is 16.5. The average molecular weight is 418 g/mol. The normalized spacial score (nSPS) is 20.1. The Balaban J connectivity index is 1.43. The quantitative estimate of drug-likeness (QED) is 0.652. The predicted octanol–water partition coefficient (Wildman–Crippen LogP) is 3.28. The van der Waals surface area contributed by atoms with E-state index in [0.29, 0.717) is 38.5 Å². The Morgan fingerprint density at radius 1 is 0.968 bits per heavy atom. The van der Waals surface area contributed by atoms with Gasteiger partial charge in [-0.05, 0) is 17.7 Å². The van der Waals surface area contributed by atoms with Crippen molar-refractivity contribution in [2.75, 3.05) is 46.0 Å². The minimum Gasteiger partial charge on any atom is -0.378 e. The molecule has 160 valence electrons. The van der Waals surface area contributed by atoms with E-state index in [0.717, 1.165) is 36.2 Å². The number of para-hydroxylation sites is 1. The first-order valence-corrected chi connectivity index (χ1v) is 10.9. The molecule has 1 amide bonds. The Hall–Kier alpha value is -2.80. The number of aromatic nitrogens is 1. The Labute approximate surface area is 182 Å². The van der Waals surface area contributed by atoms with Crippen LogP contribution in [0.3, 0.4) is 0 Å². The summed E-state index contributed by atoms with van der Waals surface area (Å²) in [5.74, 6) is 0.0418. The van der Waals surface area contributed by atoms with Gasteiger partial charge in [-0.1, -0.05) is 48.5 Å². The van der Waals surface area contributed by atoms with Crippen LogP contribution in [-0.2, 0) is 16.0 Å². The second-order valence-electron chi connectivity index (χ2n) is 8.10. The van der Waals surface area contributed by atoms with Crippen LogP contribution in [0, 0.1) is 0 Å². The number of fused-ring (bicyclic) bond motifs is 1. The van der Waals surface area contributed by atoms with Crippen molar-refractivity contribution in [2.45, 2.75) is 12.6 Å². The first-order chi connectivity index (χ1) is 15.3. The van der Waals surface area contributed by atoms with Gasteiger partial charge in [-0.25, -0.2) is 4.98 Å². The first-order valence-electron chi connectivity index (χ1n) is 10.9. The second-order valence-corrected chi connectivity index (χ2v) is 8.10. The summed E-state index contributed by atoms with van der Waals surface area (Å²) in [6.45, 7) is 5.59. The third-order valence-corrected chi connectivity index (χ3v) is 5.99. The van der Waals surface area contributed by atoms with Gasteiger partial charge in [-0.2, -0.15) is 0 Å². The molecule has 1 unspecified atom stereocenters. The van der Waals surface area contributed by atoms with Gasteiger partial charge in [0, 0.05) is 38.1 Å². The second kappa shape index (κ2) is 9.14. The summed E-state index contributed by atoms with van der Waals surface area (Å²) in [7, 11) is 0. The van der Waals surface area contributed by atoms with Crippen molar-refractivity contribution in [3.8, 4) is 0 Å². The van der Waals surface area contributed by atoms with E-state index >= 15 is 0 Å². The fourth-order valence-electron chi connectivity index (χ4n) is 4.34. The standard InChI is InChI=1S/C25H27N3O3/c29-25(28-11-13-30-14-12-28)21-16-23(26-22-9-5-4-8-20(21)22)24-18-27(10-15-31-24)17-19-6-2-1-3-7-19/h1-9,16,24H,10-15,17-18H2. The monoisotopic (exact) mass is 417 g/mol. The van der Waals surface area contributed by atoms with Crippen LogP contribution in [0.25, 0.3) is 10.9 Å². The summed E-state index contributed by atoms with van der Waals surface area (Å²) in [5.41, 5.74) is 3.65. The number of carbonyl (C=O) groups is 1. The van der Waals surface area contributed by atoms with Crippen LogP contribution in [0.5, 0.6) is 0 Å². The van der Waals surface area contributed by atoms with E-state index in [1.54, 1.807) is 0 Å². The highest BCUT2D eigenvalue weighted by molar-refractivity contribution is 6.06. The molecule has 1 atom stereocenters. The topological polar surface area (TPSA) is 54.9 Å². The molecule has 0 saturated carbocycles. The highest BCUT2D eigenvalue weighted by Crippen LogP contribution is 2.27. The third-order valence-electron chi connectivity index (χ3n) is 5.99. The summed E-state index contributed by atoms with van der Waals surface area (Å²) in [5, 5.41) is 0.889. The molecule has 1 aromatic heterocycles. The molecule has 31 heavy (non-hydrogen) atoms. The van der Waals surface area contributed by atoms with Gasteiger partial charge in [0.15, 0.2) is 0 Å². The lowest BCUT2D eigenvalue weighted by atomic mass is 10.0. The fraction of sp³-hybridized carbons (Fsp3) is 0.360. The largest absolute Gasteiger partial charge is 0.378 e. The maximum absolute atomic E-state index is 13.3. The van der Waals surface area contributed by atoms with Crippen LogP contribution in [-0.4, -0.2) is 66.7 Å². The van der Waals surface area contributed by atoms with E-state index < -0.39 is 0 Å². The smallest absolute Gasteiger partial charge is 0.254 e. The zero-order valence-corrected chi connectivity index (χ0v) is 17.6. The Morgan fingerprint density at radius 3 is 2.58 bits per heavy atom. The van der Waals surface area contributed by atoms with Gasteiger partial charge in [0.2, 0.25) is 0 Å². The molecule has 0 N–H and O–H groups in total. The fourth-order valence-corrected chi connectivity index (χ4v) is 4.34. The highest BCUT2D eigenvalue weighted by Gasteiger charge is 2.27. The molecule has 5 rings (SSSR count). The molecule has 3 aromatic rings. The minimum absolute atomic E-state index is 0.0418. The number of ether oxygens (including phenoxy) is 2. The van der Waals surface area contributed by atoms with Crippen LogP contribution in [0.15, 0.2) is 60.7 Å². The van der Waals surface area contributed by atoms with Crippen LogP contribution in [0.2, 0.25) is 0 Å². The lowest BCUT2D eigenvalue weighted by Crippen LogP contribution is -2.41. The van der Waals surface area contributed by atoms with Crippen molar-refractivity contribution < 1.29 is 14.3 Å². The number of hydrogen-bond acceptors (Lipinski definition) is 5. The molecule has 2 aliphatic heterocycles. The molecule has 2 fully saturated rings. The summed E-state index contributed by atoms with van der Waals surface area (Å²) < 4.78 is 11.5. The van der Waals surface area contributed by atoms with Gasteiger partial charge >= 0.3 is 0 Å². The van der Waals surface area contributed by atoms with E-state index in [1.807, 2.05) is 41.3 Å². The zero-order valence-electron chi connectivity index (χ0n) is 17.6. The number of carbonyl (C=O) groups excluding carboxylic acids is 1. The summed E-state index contributed by atoms with van der Waals surface area (Å²) in [6.07, 6.45) is -0.154. The Morgan fingerprint density at radius 2 is 1.74 bits per heavy atom. The number of nitrogens with zero attached hydrogens (tertiary/aromatic N) is 3. The summed E-state index contributed by atoms with van der Waals surface area (Å²) >= 11 is 0. The Bertz CT molecular complexity index is 1050. The van der Waals surface area contributed by atoms with Gasteiger partial charge in [0.25, 0.3) is 5.91 Å². The predicted molar refractivity (Wildman–Crippen MR) is 119 cm³/mol. The number of rotatable bonds is 4. The molecule has 0 aliphatic carbocycles. The number of morpholine rings is 2. The molecular formula is C25H27N3O3. The SMILES string of the molecule is O=C(c1cc(C2CN(Cc3ccccc3)CCO2)nc2ccccc12)N1CCOCC1. The van der Waals surface area contributed by atoms with Crippen molar-refractivity contribution in [3.05, 3.63) is 77.5 Å². The summed E-state index contributed by atoms with van der Waals surface area (Å²) in [4.78, 5) is 22.5. The van der Waals surface area contributed by atoms with E-state index in [-0.39, 0.29) is 12.0 Å². The van der Waals surface area contributed by atoms with Crippen molar-refractivity contribution >= 4 is 16.8 Å². The van der Waals surface area contributed by atoms with Crippen molar-refractivity contribution in [1.29, 1.82) is 0 Å². The number of benzene rings is 2. The molecule has 0 radical (unpaired) electrons. The maximum atomic E-state index is 13.3. The molecule has 6 nitrogen and oxygen atoms in total. The van der Waals surface area contributed by atoms with Gasteiger partial charge in [0.1, 0.15) is 6.10 Å². The van der Waals surface area contributed by atoms with Gasteiger partial charge < -0.3 is 14.4 Å². The average Bonchev–Trinajstić information content (AvgIpc) is 2.84. The van der Waals surface area contributed by atoms with Crippen LogP contribution >= 0.6 is 0 Å². The van der Waals surface area contributed by atoms with Crippen molar-refractivity contribution in [3.63, 3.8) is 0 Å². The van der Waals surface area contributed by atoms with E-state index in [4.69, 9.17) is 14.5 Å². The molecule has 0 spiro atoms. The van der Waals surface area contributed by atoms with Crippen LogP contribution < -0.4 is 0 Å². The van der Waals surface area contributed by atoms with E-state index in [9.17, 15) is 4.79 Å². The van der Waals surface area contributed by atoms with Crippen LogP contribution in [0.4, 0.5) is 0 Å². The zero-order chi connectivity index (χ0) is 21.0. The maximum Gasteiger partial charge on any atom is 0.254 e. The first kappa shape index (κ1) is 20.1. The number of amides is 1. The minimum atomic E-state index is -0.154. The lowest BCUT2D eigenvalue weighted by molar-refractivity contribution is -0.0348. The lowest BCUT2D eigenvalue weighted by Gasteiger charge is -2.33. The van der Waals surface area contributed by atoms with Crippen LogP contribution in [0.1, 0.15) is 27.7 Å². The van der Waals surface area contributed by atoms with E-state index in [1.165, 1.54) is 5.56 Å². The van der Waals surface area contributed by atoms with Crippen molar-refractivity contribution in [1.82, 2.24) is 14.8 Å². The van der Waals surface area contributed by atoms with Crippen molar-refractivity contribution in [2.24, 2.45) is 0 Å². The molecule has 2 aromatic carbocycles. The number of pyridine rings is 1. The molecule has 2 saturated heterocycles. The molecular weight excluding hydrogens is 390 g/mol. The van der Waals surface area contributed by atoms with Gasteiger partial charge in [-0.3, -0.25) is 9.69 Å². The third kappa shape index (κ3) is 4.46. The molecule has 3 heterocycles. The summed E-state index contributed by atoms with van der Waals surface area (Å²) in [6, 6.07) is 20.3. The molecule has 0 bridgehead atoms. The van der Waals surface area contributed by atoms with Gasteiger partial charge in [-0.15, -0.1) is 0 Å². The number of hydrogen-bond donors (Lipinski definition) is 0. The van der Waals surface area contributed by atoms with Gasteiger partial charge in [0.05, 0.1) is 36.6 Å².